The second-order valence-electron chi connectivity index (χ2n) is 6.98. The van der Waals surface area contributed by atoms with Gasteiger partial charge in [0, 0.05) is 11.6 Å². The first-order chi connectivity index (χ1) is 13.7. The van der Waals surface area contributed by atoms with Crippen molar-refractivity contribution in [1.29, 1.82) is 0 Å². The lowest BCUT2D eigenvalue weighted by atomic mass is 9.99. The van der Waals surface area contributed by atoms with Crippen molar-refractivity contribution >= 4 is 17.6 Å². The van der Waals surface area contributed by atoms with Crippen LogP contribution in [0, 0.1) is 17.6 Å². The zero-order valence-corrected chi connectivity index (χ0v) is 16.4. The first-order valence-corrected chi connectivity index (χ1v) is 9.10. The highest BCUT2D eigenvalue weighted by Gasteiger charge is 2.31. The summed E-state index contributed by atoms with van der Waals surface area (Å²) in [6.07, 6.45) is 0.329. The molecule has 8 heteroatoms. The Kier molecular flexibility index (Phi) is 7.67. The maximum atomic E-state index is 14.4. The normalized spacial score (nSPS) is 13.0. The number of aromatic hydroxyl groups is 1. The summed E-state index contributed by atoms with van der Waals surface area (Å²) in [5, 5.41) is 15.2. The summed E-state index contributed by atoms with van der Waals surface area (Å²) in [5.74, 6) is -3.17. The van der Waals surface area contributed by atoms with Crippen LogP contribution in [0.25, 0.3) is 0 Å². The molecule has 6 nitrogen and oxygen atoms in total. The monoisotopic (exact) mass is 406 g/mol. The highest BCUT2D eigenvalue weighted by molar-refractivity contribution is 5.97. The number of ether oxygens (including phenoxy) is 1. The fourth-order valence-corrected chi connectivity index (χ4v) is 2.87. The molecule has 3 N–H and O–H groups in total. The van der Waals surface area contributed by atoms with Crippen LogP contribution >= 0.6 is 0 Å². The molecule has 0 aromatic heterocycles. The summed E-state index contributed by atoms with van der Waals surface area (Å²) < 4.78 is 32.6. The quantitative estimate of drug-likeness (QED) is 0.461. The summed E-state index contributed by atoms with van der Waals surface area (Å²) in [5.41, 5.74) is -0.0257. The van der Waals surface area contributed by atoms with E-state index in [2.05, 4.69) is 10.6 Å². The lowest BCUT2D eigenvalue weighted by molar-refractivity contribution is -0.144. The van der Waals surface area contributed by atoms with Gasteiger partial charge in [0.05, 0.1) is 12.8 Å². The standard InChI is InChI=1S/C21H24F2N2O4/c1-12(2)10-17(21(28)29-3)24-19(14-9-8-13(22)11-15(14)23)20(27)25-16-6-4-5-7-18(16)26/h4-9,11-12,17,19,24,26H,10H2,1-3H3,(H,25,27)/t17-,19+/m0/s1. The lowest BCUT2D eigenvalue weighted by Gasteiger charge is -2.25. The molecule has 2 aromatic carbocycles. The summed E-state index contributed by atoms with van der Waals surface area (Å²) in [6, 6.07) is 6.62. The Morgan fingerprint density at radius 1 is 1.14 bits per heavy atom. The van der Waals surface area contributed by atoms with Crippen LogP contribution < -0.4 is 10.6 Å². The molecule has 0 bridgehead atoms. The van der Waals surface area contributed by atoms with Crippen molar-refractivity contribution in [2.75, 3.05) is 12.4 Å². The van der Waals surface area contributed by atoms with E-state index in [9.17, 15) is 23.5 Å². The minimum atomic E-state index is -1.34. The number of para-hydroxylation sites is 2. The Labute approximate surface area is 167 Å². The average molecular weight is 406 g/mol. The van der Waals surface area contributed by atoms with Crippen LogP contribution in [0.1, 0.15) is 31.9 Å². The van der Waals surface area contributed by atoms with E-state index in [1.165, 1.54) is 19.2 Å². The molecule has 29 heavy (non-hydrogen) atoms. The number of halogens is 2. The van der Waals surface area contributed by atoms with E-state index in [1.807, 2.05) is 13.8 Å². The fourth-order valence-electron chi connectivity index (χ4n) is 2.87. The van der Waals surface area contributed by atoms with Crippen LogP contribution in [0.4, 0.5) is 14.5 Å². The average Bonchev–Trinajstić information content (AvgIpc) is 2.66. The van der Waals surface area contributed by atoms with E-state index >= 15 is 0 Å². The van der Waals surface area contributed by atoms with Gasteiger partial charge in [-0.15, -0.1) is 0 Å². The molecule has 0 aliphatic heterocycles. The van der Waals surface area contributed by atoms with Crippen molar-refractivity contribution in [2.24, 2.45) is 5.92 Å². The summed E-state index contributed by atoms with van der Waals surface area (Å²) >= 11 is 0. The van der Waals surface area contributed by atoms with Gasteiger partial charge in [-0.05, 0) is 30.5 Å². The molecule has 0 fully saturated rings. The van der Waals surface area contributed by atoms with Crippen molar-refractivity contribution in [3.63, 3.8) is 0 Å². The van der Waals surface area contributed by atoms with Gasteiger partial charge in [0.2, 0.25) is 5.91 Å². The fraction of sp³-hybridized carbons (Fsp3) is 0.333. The van der Waals surface area contributed by atoms with Crippen molar-refractivity contribution in [3.05, 3.63) is 59.7 Å². The van der Waals surface area contributed by atoms with E-state index in [-0.39, 0.29) is 22.9 Å². The summed E-state index contributed by atoms with van der Waals surface area (Å²) in [4.78, 5) is 25.1. The Morgan fingerprint density at radius 3 is 2.41 bits per heavy atom. The van der Waals surface area contributed by atoms with Crippen molar-refractivity contribution < 1.29 is 28.2 Å². The highest BCUT2D eigenvalue weighted by atomic mass is 19.1. The van der Waals surface area contributed by atoms with Gasteiger partial charge in [0.25, 0.3) is 0 Å². The zero-order valence-electron chi connectivity index (χ0n) is 16.4. The zero-order chi connectivity index (χ0) is 21.6. The second-order valence-corrected chi connectivity index (χ2v) is 6.98. The Bertz CT molecular complexity index is 874. The SMILES string of the molecule is COC(=O)[C@H](CC(C)C)N[C@@H](C(=O)Nc1ccccc1O)c1ccc(F)cc1F. The van der Waals surface area contributed by atoms with E-state index in [0.29, 0.717) is 12.5 Å². The summed E-state index contributed by atoms with van der Waals surface area (Å²) in [7, 11) is 1.22. The Morgan fingerprint density at radius 2 is 1.83 bits per heavy atom. The minimum Gasteiger partial charge on any atom is -0.506 e. The highest BCUT2D eigenvalue weighted by Crippen LogP contribution is 2.26. The maximum Gasteiger partial charge on any atom is 0.322 e. The number of esters is 1. The first kappa shape index (κ1) is 22.3. The molecule has 156 valence electrons. The Balaban J connectivity index is 2.40. The third kappa shape index (κ3) is 5.99. The summed E-state index contributed by atoms with van der Waals surface area (Å²) in [6.45, 7) is 3.76. The minimum absolute atomic E-state index is 0.0755. The van der Waals surface area contributed by atoms with Crippen molar-refractivity contribution in [1.82, 2.24) is 5.32 Å². The van der Waals surface area contributed by atoms with Gasteiger partial charge in [-0.25, -0.2) is 8.78 Å². The maximum absolute atomic E-state index is 14.4. The number of amides is 1. The molecule has 1 amide bonds. The Hall–Kier alpha value is -3.00. The molecular weight excluding hydrogens is 382 g/mol. The van der Waals surface area contributed by atoms with Gasteiger partial charge in [-0.3, -0.25) is 14.9 Å². The molecule has 2 rings (SSSR count). The number of benzene rings is 2. The van der Waals surface area contributed by atoms with Crippen LogP contribution in [-0.2, 0) is 14.3 Å². The topological polar surface area (TPSA) is 87.7 Å². The van der Waals surface area contributed by atoms with Crippen LogP contribution in [0.3, 0.4) is 0 Å². The lowest BCUT2D eigenvalue weighted by Crippen LogP contribution is -2.45. The van der Waals surface area contributed by atoms with Crippen LogP contribution in [0.2, 0.25) is 0 Å². The van der Waals surface area contributed by atoms with E-state index < -0.39 is 35.6 Å². The molecule has 0 saturated carbocycles. The third-order valence-corrected chi connectivity index (χ3v) is 4.26. The molecule has 0 aliphatic carbocycles. The van der Waals surface area contributed by atoms with Gasteiger partial charge < -0.3 is 15.2 Å². The second kappa shape index (κ2) is 9.97. The van der Waals surface area contributed by atoms with Crippen LogP contribution in [0.5, 0.6) is 5.75 Å². The number of phenolic OH excluding ortho intramolecular Hbond substituents is 1. The first-order valence-electron chi connectivity index (χ1n) is 9.10. The number of carbonyl (C=O) groups excluding carboxylic acids is 2. The number of hydrogen-bond acceptors (Lipinski definition) is 5. The molecular formula is C21H24F2N2O4. The van der Waals surface area contributed by atoms with Gasteiger partial charge in [-0.1, -0.05) is 32.0 Å². The molecule has 2 aromatic rings. The molecule has 2 atom stereocenters. The predicted octanol–water partition coefficient (Wildman–Crippen LogP) is 3.53. The van der Waals surface area contributed by atoms with E-state index in [4.69, 9.17) is 4.74 Å². The number of phenols is 1. The molecule has 0 spiro atoms. The number of carbonyl (C=O) groups is 2. The molecule has 0 saturated heterocycles. The van der Waals surface area contributed by atoms with Gasteiger partial charge in [0.1, 0.15) is 29.5 Å². The number of nitrogens with one attached hydrogen (secondary N) is 2. The number of anilines is 1. The van der Waals surface area contributed by atoms with E-state index in [0.717, 1.165) is 12.1 Å². The largest absolute Gasteiger partial charge is 0.506 e. The number of methoxy groups -OCH3 is 1. The van der Waals surface area contributed by atoms with Gasteiger partial charge in [0.15, 0.2) is 0 Å². The molecule has 0 radical (unpaired) electrons. The van der Waals surface area contributed by atoms with Gasteiger partial charge >= 0.3 is 5.97 Å². The van der Waals surface area contributed by atoms with Crippen molar-refractivity contribution in [3.8, 4) is 5.75 Å². The number of rotatable bonds is 8. The number of hydrogen-bond donors (Lipinski definition) is 3. The van der Waals surface area contributed by atoms with Crippen molar-refractivity contribution in [2.45, 2.75) is 32.4 Å². The predicted molar refractivity (Wildman–Crippen MR) is 104 cm³/mol. The smallest absolute Gasteiger partial charge is 0.322 e. The van der Waals surface area contributed by atoms with Crippen LogP contribution in [-0.4, -0.2) is 30.1 Å². The molecule has 0 heterocycles. The van der Waals surface area contributed by atoms with Crippen LogP contribution in [0.15, 0.2) is 42.5 Å². The molecule has 0 aliphatic rings. The van der Waals surface area contributed by atoms with Gasteiger partial charge in [-0.2, -0.15) is 0 Å². The third-order valence-electron chi connectivity index (χ3n) is 4.26. The molecule has 0 unspecified atom stereocenters. The van der Waals surface area contributed by atoms with E-state index in [1.54, 1.807) is 12.1 Å².